The van der Waals surface area contributed by atoms with Gasteiger partial charge in [0.15, 0.2) is 0 Å². The van der Waals surface area contributed by atoms with Gasteiger partial charge in [-0.25, -0.2) is 13.7 Å². The number of halogens is 1. The van der Waals surface area contributed by atoms with E-state index in [4.69, 9.17) is 16.4 Å². The molecule has 29 heavy (non-hydrogen) atoms. The summed E-state index contributed by atoms with van der Waals surface area (Å²) < 4.78 is 23.8. The topological polar surface area (TPSA) is 56.2 Å². The lowest BCUT2D eigenvalue weighted by Crippen LogP contribution is -2.28. The Morgan fingerprint density at radius 2 is 1.76 bits per heavy atom. The SMILES string of the molecule is Cc1ccc(S(=N)(=O)NCCCN2c3ccccc3Sc3ccc(Cl)cc32)cc1. The van der Waals surface area contributed by atoms with E-state index < -0.39 is 9.92 Å². The molecule has 7 heteroatoms. The van der Waals surface area contributed by atoms with Crippen LogP contribution in [-0.4, -0.2) is 17.3 Å². The predicted molar refractivity (Wildman–Crippen MR) is 122 cm³/mol. The van der Waals surface area contributed by atoms with Gasteiger partial charge in [0.2, 0.25) is 0 Å². The number of benzene rings is 3. The summed E-state index contributed by atoms with van der Waals surface area (Å²) >= 11 is 8.00. The number of aryl methyl sites for hydroxylation is 1. The van der Waals surface area contributed by atoms with Crippen LogP contribution >= 0.6 is 23.4 Å². The second kappa shape index (κ2) is 8.40. The second-order valence-corrected chi connectivity index (χ2v) is 10.3. The second-order valence-electron chi connectivity index (χ2n) is 6.95. The number of hydrogen-bond acceptors (Lipinski definition) is 4. The number of nitrogens with one attached hydrogen (secondary N) is 2. The molecule has 0 spiro atoms. The third-order valence-corrected chi connectivity index (χ3v) is 7.72. The van der Waals surface area contributed by atoms with Gasteiger partial charge in [0.25, 0.3) is 0 Å². The molecule has 1 atom stereocenters. The number of nitrogens with zero attached hydrogens (tertiary/aromatic N) is 1. The van der Waals surface area contributed by atoms with E-state index in [1.54, 1.807) is 23.9 Å². The summed E-state index contributed by atoms with van der Waals surface area (Å²) in [6, 6.07) is 21.6. The summed E-state index contributed by atoms with van der Waals surface area (Å²) in [6.07, 6.45) is 0.743. The van der Waals surface area contributed by atoms with Crippen LogP contribution in [0.1, 0.15) is 12.0 Å². The molecule has 3 aromatic rings. The van der Waals surface area contributed by atoms with Crippen LogP contribution in [0, 0.1) is 11.7 Å². The minimum absolute atomic E-state index is 0.484. The minimum atomic E-state index is -3.00. The summed E-state index contributed by atoms with van der Waals surface area (Å²) in [7, 11) is -3.00. The maximum absolute atomic E-state index is 12.7. The average Bonchev–Trinajstić information content (AvgIpc) is 2.71. The first kappa shape index (κ1) is 20.3. The van der Waals surface area contributed by atoms with Gasteiger partial charge < -0.3 is 4.90 Å². The van der Waals surface area contributed by atoms with Crippen LogP contribution in [0.25, 0.3) is 0 Å². The number of rotatable bonds is 6. The molecule has 1 unspecified atom stereocenters. The van der Waals surface area contributed by atoms with E-state index in [2.05, 4.69) is 27.8 Å². The van der Waals surface area contributed by atoms with Crippen molar-refractivity contribution in [3.05, 3.63) is 77.3 Å². The molecule has 0 amide bonds. The van der Waals surface area contributed by atoms with E-state index in [1.165, 1.54) is 9.79 Å². The molecule has 2 N–H and O–H groups in total. The van der Waals surface area contributed by atoms with E-state index >= 15 is 0 Å². The first-order valence-corrected chi connectivity index (χ1v) is 12.1. The van der Waals surface area contributed by atoms with Crippen LogP contribution in [0.2, 0.25) is 5.02 Å². The Kier molecular flexibility index (Phi) is 5.88. The van der Waals surface area contributed by atoms with E-state index in [0.29, 0.717) is 16.5 Å². The van der Waals surface area contributed by atoms with Crippen molar-refractivity contribution in [2.45, 2.75) is 28.0 Å². The normalized spacial score (nSPS) is 14.8. The molecule has 4 rings (SSSR count). The summed E-state index contributed by atoms with van der Waals surface area (Å²) in [5.74, 6) is 0. The Bertz CT molecular complexity index is 1130. The van der Waals surface area contributed by atoms with Gasteiger partial charge in [-0.1, -0.05) is 53.2 Å². The molecular formula is C22H22ClN3OS2. The molecular weight excluding hydrogens is 422 g/mol. The van der Waals surface area contributed by atoms with Crippen LogP contribution < -0.4 is 9.62 Å². The van der Waals surface area contributed by atoms with Gasteiger partial charge in [-0.3, -0.25) is 0 Å². The van der Waals surface area contributed by atoms with Gasteiger partial charge in [-0.2, -0.15) is 0 Å². The predicted octanol–water partition coefficient (Wildman–Crippen LogP) is 6.25. The minimum Gasteiger partial charge on any atom is -0.340 e. The smallest absolute Gasteiger partial charge is 0.134 e. The molecule has 0 aliphatic carbocycles. The van der Waals surface area contributed by atoms with Gasteiger partial charge in [-0.05, 0) is 55.8 Å². The van der Waals surface area contributed by atoms with Crippen molar-refractivity contribution in [2.24, 2.45) is 0 Å². The molecule has 3 aromatic carbocycles. The zero-order chi connectivity index (χ0) is 20.4. The van der Waals surface area contributed by atoms with Crippen molar-refractivity contribution >= 4 is 44.7 Å². The highest BCUT2D eigenvalue weighted by atomic mass is 35.5. The van der Waals surface area contributed by atoms with Crippen LogP contribution in [0.15, 0.2) is 81.4 Å². The Labute approximate surface area is 181 Å². The fourth-order valence-electron chi connectivity index (χ4n) is 3.31. The van der Waals surface area contributed by atoms with Gasteiger partial charge in [0, 0.05) is 27.9 Å². The first-order chi connectivity index (χ1) is 13.9. The maximum Gasteiger partial charge on any atom is 0.134 e. The number of hydrogen-bond donors (Lipinski definition) is 2. The zero-order valence-corrected chi connectivity index (χ0v) is 18.4. The van der Waals surface area contributed by atoms with E-state index in [1.807, 2.05) is 43.3 Å². The van der Waals surface area contributed by atoms with Crippen molar-refractivity contribution in [3.63, 3.8) is 0 Å². The van der Waals surface area contributed by atoms with Crippen LogP contribution in [-0.2, 0) is 9.92 Å². The number of anilines is 2. The summed E-state index contributed by atoms with van der Waals surface area (Å²) in [5, 5.41) is 0.709. The lowest BCUT2D eigenvalue weighted by Gasteiger charge is -2.33. The van der Waals surface area contributed by atoms with Crippen molar-refractivity contribution < 1.29 is 4.21 Å². The van der Waals surface area contributed by atoms with Gasteiger partial charge in [-0.15, -0.1) is 0 Å². The fraction of sp³-hybridized carbons (Fsp3) is 0.182. The van der Waals surface area contributed by atoms with Crippen molar-refractivity contribution in [1.82, 2.24) is 4.72 Å². The summed E-state index contributed by atoms with van der Waals surface area (Å²) in [6.45, 7) is 3.20. The molecule has 0 bridgehead atoms. The van der Waals surface area contributed by atoms with Crippen LogP contribution in [0.3, 0.4) is 0 Å². The van der Waals surface area contributed by atoms with Gasteiger partial charge >= 0.3 is 0 Å². The highest BCUT2D eigenvalue weighted by molar-refractivity contribution is 7.99. The third-order valence-electron chi connectivity index (χ3n) is 4.80. The molecule has 0 radical (unpaired) electrons. The number of fused-ring (bicyclic) bond motifs is 2. The van der Waals surface area contributed by atoms with E-state index in [9.17, 15) is 4.21 Å². The standard InChI is InChI=1S/C22H22ClN3OS2/c1-16-7-10-18(11-8-16)29(24,27)25-13-4-14-26-19-5-2-3-6-21(19)28-22-12-9-17(23)15-20(22)26/h2-3,5-12,15H,4,13-14H2,1H3,(H2,24,25,27). The summed E-state index contributed by atoms with van der Waals surface area (Å²) in [4.78, 5) is 5.15. The average molecular weight is 444 g/mol. The quantitative estimate of drug-likeness (QED) is 0.442. The molecule has 0 saturated heterocycles. The molecule has 0 saturated carbocycles. The molecule has 1 heterocycles. The Morgan fingerprint density at radius 1 is 1.03 bits per heavy atom. The lowest BCUT2D eigenvalue weighted by atomic mass is 10.2. The first-order valence-electron chi connectivity index (χ1n) is 9.38. The molecule has 4 nitrogen and oxygen atoms in total. The Morgan fingerprint density at radius 3 is 2.55 bits per heavy atom. The van der Waals surface area contributed by atoms with E-state index in [0.717, 1.165) is 29.9 Å². The molecule has 0 aromatic heterocycles. The summed E-state index contributed by atoms with van der Waals surface area (Å²) in [5.41, 5.74) is 3.33. The molecule has 1 aliphatic heterocycles. The Hall–Kier alpha value is -1.99. The monoisotopic (exact) mass is 443 g/mol. The zero-order valence-electron chi connectivity index (χ0n) is 16.0. The Balaban J connectivity index is 1.47. The highest BCUT2D eigenvalue weighted by Gasteiger charge is 2.23. The van der Waals surface area contributed by atoms with E-state index in [-0.39, 0.29) is 0 Å². The maximum atomic E-state index is 12.7. The third kappa shape index (κ3) is 4.46. The fourth-order valence-corrected chi connectivity index (χ4v) is 5.67. The van der Waals surface area contributed by atoms with Crippen LogP contribution in [0.5, 0.6) is 0 Å². The largest absolute Gasteiger partial charge is 0.340 e. The number of para-hydroxylation sites is 1. The van der Waals surface area contributed by atoms with Crippen molar-refractivity contribution in [1.29, 1.82) is 4.78 Å². The van der Waals surface area contributed by atoms with Gasteiger partial charge in [0.05, 0.1) is 16.3 Å². The molecule has 1 aliphatic rings. The molecule has 150 valence electrons. The lowest BCUT2D eigenvalue weighted by molar-refractivity contribution is 0.657. The van der Waals surface area contributed by atoms with Gasteiger partial charge in [0.1, 0.15) is 9.92 Å². The molecule has 0 fully saturated rings. The van der Waals surface area contributed by atoms with Crippen molar-refractivity contribution in [3.8, 4) is 0 Å². The van der Waals surface area contributed by atoms with Crippen molar-refractivity contribution in [2.75, 3.05) is 18.0 Å². The highest BCUT2D eigenvalue weighted by Crippen LogP contribution is 2.48. The van der Waals surface area contributed by atoms with Crippen LogP contribution in [0.4, 0.5) is 11.4 Å².